The van der Waals surface area contributed by atoms with Crippen LogP contribution in [0.4, 0.5) is 13.2 Å². The van der Waals surface area contributed by atoms with Crippen LogP contribution in [0.2, 0.25) is 5.02 Å². The Hall–Kier alpha value is -4.92. The van der Waals surface area contributed by atoms with E-state index in [4.69, 9.17) is 25.8 Å². The highest BCUT2D eigenvalue weighted by Crippen LogP contribution is 2.45. The number of amides is 2. The number of benzene rings is 2. The van der Waals surface area contributed by atoms with Crippen molar-refractivity contribution in [3.8, 4) is 39.9 Å². The van der Waals surface area contributed by atoms with Gasteiger partial charge in [-0.15, -0.1) is 0 Å². The highest BCUT2D eigenvalue weighted by atomic mass is 35.5. The number of aromatic nitrogens is 2. The number of carbonyl (C=O) groups excluding carboxylic acids is 2. The van der Waals surface area contributed by atoms with Crippen molar-refractivity contribution >= 4 is 23.4 Å². The summed E-state index contributed by atoms with van der Waals surface area (Å²) >= 11 is 7.13. The zero-order chi connectivity index (χ0) is 39.4. The lowest BCUT2D eigenvalue weighted by atomic mass is 9.84. The Morgan fingerprint density at radius 3 is 2.20 bits per heavy atom. The first-order valence-corrected chi connectivity index (χ1v) is 19.2. The molecule has 2 saturated heterocycles. The molecular weight excluding hydrogens is 749 g/mol. The average Bonchev–Trinajstić information content (AvgIpc) is 3.81. The average molecular weight is 793 g/mol. The maximum absolute atomic E-state index is 14.6. The molecule has 0 radical (unpaired) electrons. The Morgan fingerprint density at radius 2 is 1.55 bits per heavy atom. The van der Waals surface area contributed by atoms with E-state index in [1.807, 2.05) is 42.5 Å². The van der Waals surface area contributed by atoms with Crippen LogP contribution in [-0.4, -0.2) is 61.2 Å². The molecular formula is C41H44ClF3N6O5. The number of pyridine rings is 2. The second-order valence-corrected chi connectivity index (χ2v) is 14.7. The molecule has 4 aromatic rings. The number of fused-ring (bicyclic) bond motifs is 1. The first-order chi connectivity index (χ1) is 27.0. The van der Waals surface area contributed by atoms with Gasteiger partial charge in [0.1, 0.15) is 17.4 Å². The molecule has 11 nitrogen and oxygen atoms in total. The van der Waals surface area contributed by atoms with E-state index in [9.17, 15) is 22.8 Å². The first kappa shape index (κ1) is 39.3. The Morgan fingerprint density at radius 1 is 0.839 bits per heavy atom. The largest absolute Gasteiger partial charge is 0.496 e. The molecule has 2 aromatic heterocycles. The smallest absolute Gasteiger partial charge is 0.421 e. The van der Waals surface area contributed by atoms with Crippen molar-refractivity contribution in [1.29, 1.82) is 0 Å². The van der Waals surface area contributed by atoms with E-state index in [0.29, 0.717) is 74.6 Å². The molecule has 2 aromatic carbocycles. The van der Waals surface area contributed by atoms with Gasteiger partial charge in [-0.2, -0.15) is 18.2 Å². The summed E-state index contributed by atoms with van der Waals surface area (Å²) in [5, 5.41) is 12.7. The molecule has 296 valence electrons. The van der Waals surface area contributed by atoms with Gasteiger partial charge in [-0.05, 0) is 67.0 Å². The van der Waals surface area contributed by atoms with Crippen LogP contribution < -0.4 is 35.5 Å². The second kappa shape index (κ2) is 17.1. The summed E-state index contributed by atoms with van der Waals surface area (Å²) in [7, 11) is 2.97. The minimum atomic E-state index is -4.74. The number of carbonyl (C=O) groups is 2. The number of methoxy groups -OCH3 is 2. The van der Waals surface area contributed by atoms with Crippen LogP contribution in [0.1, 0.15) is 72.4 Å². The van der Waals surface area contributed by atoms with Gasteiger partial charge in [0.15, 0.2) is 0 Å². The monoisotopic (exact) mass is 792 g/mol. The third-order valence-corrected chi connectivity index (χ3v) is 10.9. The van der Waals surface area contributed by atoms with E-state index in [1.165, 1.54) is 7.11 Å². The quantitative estimate of drug-likeness (QED) is 0.110. The lowest BCUT2D eigenvalue weighted by molar-refractivity contribution is -0.140. The van der Waals surface area contributed by atoms with Crippen LogP contribution in [0.3, 0.4) is 0 Å². The fourth-order valence-electron chi connectivity index (χ4n) is 7.75. The van der Waals surface area contributed by atoms with Crippen LogP contribution in [0.5, 0.6) is 17.5 Å². The number of rotatable bonds is 14. The minimum absolute atomic E-state index is 0.0248. The summed E-state index contributed by atoms with van der Waals surface area (Å²) in [5.74, 6) is 0.177. The number of alkyl halides is 3. The summed E-state index contributed by atoms with van der Waals surface area (Å²) in [6, 6.07) is 14.4. The normalized spacial score (nSPS) is 19.4. The van der Waals surface area contributed by atoms with Crippen molar-refractivity contribution in [2.24, 2.45) is 0 Å². The van der Waals surface area contributed by atoms with E-state index < -0.39 is 23.7 Å². The third-order valence-electron chi connectivity index (χ3n) is 10.6. The fraction of sp³-hybridized carbons (Fsp3) is 0.415. The maximum Gasteiger partial charge on any atom is 0.421 e. The van der Waals surface area contributed by atoms with Crippen molar-refractivity contribution in [1.82, 2.24) is 31.2 Å². The van der Waals surface area contributed by atoms with Crippen molar-refractivity contribution in [3.63, 3.8) is 0 Å². The van der Waals surface area contributed by atoms with E-state index >= 15 is 0 Å². The van der Waals surface area contributed by atoms with Crippen LogP contribution in [0.15, 0.2) is 54.7 Å². The molecule has 4 heterocycles. The molecule has 3 atom stereocenters. The number of hydrogen-bond donors (Lipinski definition) is 4. The molecule has 0 unspecified atom stereocenters. The lowest BCUT2D eigenvalue weighted by Gasteiger charge is -2.29. The van der Waals surface area contributed by atoms with Gasteiger partial charge in [0, 0.05) is 79.6 Å². The number of hydrogen-bond acceptors (Lipinski definition) is 9. The van der Waals surface area contributed by atoms with Gasteiger partial charge in [-0.25, -0.2) is 0 Å². The Labute approximate surface area is 328 Å². The Kier molecular flexibility index (Phi) is 12.0. The van der Waals surface area contributed by atoms with Gasteiger partial charge < -0.3 is 35.5 Å². The SMILES string of the molecule is COc1cc(-c2nccc(-c3cccc4c3CCC[C@@H]4Oc3nc(OC)c(CNC[C@@H]4CCC(=O)N4)cc3C(F)(F)F)c2Cl)ccc1CNC[C@@H]1CCC(=O)N1. The van der Waals surface area contributed by atoms with Gasteiger partial charge >= 0.3 is 6.18 Å². The molecule has 2 aliphatic heterocycles. The Balaban J connectivity index is 1.12. The molecule has 1 aliphatic carbocycles. The van der Waals surface area contributed by atoms with Crippen LogP contribution in [0, 0.1) is 0 Å². The highest BCUT2D eigenvalue weighted by molar-refractivity contribution is 6.35. The fourth-order valence-corrected chi connectivity index (χ4v) is 8.07. The number of nitrogens with one attached hydrogen (secondary N) is 4. The van der Waals surface area contributed by atoms with Gasteiger partial charge in [-0.3, -0.25) is 14.6 Å². The molecule has 3 aliphatic rings. The molecule has 7 rings (SSSR count). The van der Waals surface area contributed by atoms with Crippen molar-refractivity contribution in [2.75, 3.05) is 27.3 Å². The molecule has 0 saturated carbocycles. The van der Waals surface area contributed by atoms with Crippen LogP contribution >= 0.6 is 11.6 Å². The second-order valence-electron chi connectivity index (χ2n) is 14.3. The summed E-state index contributed by atoms with van der Waals surface area (Å²) in [5.41, 5.74) is 4.77. The minimum Gasteiger partial charge on any atom is -0.496 e. The molecule has 4 N–H and O–H groups in total. The molecule has 15 heteroatoms. The first-order valence-electron chi connectivity index (χ1n) is 18.8. The van der Waals surface area contributed by atoms with Gasteiger partial charge in [0.05, 0.1) is 24.9 Å². The molecule has 0 bridgehead atoms. The highest BCUT2D eigenvalue weighted by Gasteiger charge is 2.38. The maximum atomic E-state index is 14.6. The van der Waals surface area contributed by atoms with Gasteiger partial charge in [-0.1, -0.05) is 41.9 Å². The van der Waals surface area contributed by atoms with Gasteiger partial charge in [0.2, 0.25) is 23.6 Å². The predicted molar refractivity (Wildman–Crippen MR) is 205 cm³/mol. The number of halogens is 4. The Bertz CT molecular complexity index is 2100. The lowest BCUT2D eigenvalue weighted by Crippen LogP contribution is -2.35. The summed E-state index contributed by atoms with van der Waals surface area (Å²) in [6.45, 7) is 1.67. The molecule has 0 spiro atoms. The van der Waals surface area contributed by atoms with E-state index in [-0.39, 0.29) is 41.9 Å². The van der Waals surface area contributed by atoms with Crippen LogP contribution in [-0.2, 0) is 35.3 Å². The van der Waals surface area contributed by atoms with Crippen LogP contribution in [0.25, 0.3) is 22.4 Å². The molecule has 2 fully saturated rings. The standard InChI is InChI=1S/C41H44ClF3N6O5/c1-54-34-18-23(9-10-24(34)19-46-21-26-11-13-35(52)49-26)38-37(42)31(15-16-48-38)29-5-3-7-30-28(29)6-4-8-33(30)56-40-32(41(43,44)45)17-25(39(51-40)55-2)20-47-22-27-12-14-36(53)50-27/h3,5,7,9-10,15-18,26-27,33,46-47H,4,6,8,11-14,19-22H2,1-2H3,(H,49,52)(H,50,53)/t26-,27-,33-/m0/s1. The topological polar surface area (TPSA) is 136 Å². The zero-order valence-electron chi connectivity index (χ0n) is 31.2. The van der Waals surface area contributed by atoms with Crippen molar-refractivity contribution in [2.45, 2.75) is 82.4 Å². The summed E-state index contributed by atoms with van der Waals surface area (Å²) < 4.78 is 61.0. The molecule has 56 heavy (non-hydrogen) atoms. The van der Waals surface area contributed by atoms with E-state index in [0.717, 1.165) is 45.9 Å². The number of nitrogens with zero attached hydrogens (tertiary/aromatic N) is 2. The van der Waals surface area contributed by atoms with E-state index in [2.05, 4.69) is 31.2 Å². The predicted octanol–water partition coefficient (Wildman–Crippen LogP) is 6.69. The number of ether oxygens (including phenoxy) is 3. The van der Waals surface area contributed by atoms with E-state index in [1.54, 1.807) is 13.3 Å². The van der Waals surface area contributed by atoms with Gasteiger partial charge in [0.25, 0.3) is 0 Å². The van der Waals surface area contributed by atoms with Crippen molar-refractivity contribution < 1.29 is 37.0 Å². The zero-order valence-corrected chi connectivity index (χ0v) is 31.9. The third kappa shape index (κ3) is 8.72. The summed E-state index contributed by atoms with van der Waals surface area (Å²) in [6.07, 6.45) is 0.519. The summed E-state index contributed by atoms with van der Waals surface area (Å²) in [4.78, 5) is 32.0. The molecule has 2 amide bonds. The van der Waals surface area contributed by atoms with Crippen molar-refractivity contribution in [3.05, 3.63) is 87.6 Å².